The Labute approximate surface area is 184 Å². The van der Waals surface area contributed by atoms with Gasteiger partial charge in [0.1, 0.15) is 6.61 Å². The van der Waals surface area contributed by atoms with Crippen molar-refractivity contribution < 1.29 is 14.6 Å². The van der Waals surface area contributed by atoms with E-state index >= 15 is 0 Å². The average Bonchev–Trinajstić information content (AvgIpc) is 2.76. The molecule has 3 heteroatoms. The molecule has 0 aliphatic carbocycles. The van der Waals surface area contributed by atoms with Gasteiger partial charge in [-0.1, -0.05) is 100 Å². The molecule has 0 heterocycles. The molecule has 30 heavy (non-hydrogen) atoms. The van der Waals surface area contributed by atoms with Crippen LogP contribution in [0.1, 0.15) is 96.0 Å². The van der Waals surface area contributed by atoms with E-state index in [1.165, 1.54) is 32.1 Å². The van der Waals surface area contributed by atoms with E-state index in [1.54, 1.807) is 0 Å². The summed E-state index contributed by atoms with van der Waals surface area (Å²) in [6, 6.07) is 10.0. The van der Waals surface area contributed by atoms with Crippen LogP contribution in [0.5, 0.6) is 0 Å². The first-order valence-electron chi connectivity index (χ1n) is 11.9. The summed E-state index contributed by atoms with van der Waals surface area (Å²) in [7, 11) is 0. The lowest BCUT2D eigenvalue weighted by atomic mass is 10.1. The number of aliphatic hydroxyl groups excluding tert-OH is 1. The number of hydrogen-bond acceptors (Lipinski definition) is 3. The average molecular weight is 415 g/mol. The van der Waals surface area contributed by atoms with Crippen LogP contribution in [-0.4, -0.2) is 23.8 Å². The van der Waals surface area contributed by atoms with Gasteiger partial charge in [-0.3, -0.25) is 4.79 Å². The van der Waals surface area contributed by atoms with Crippen molar-refractivity contribution in [3.05, 3.63) is 54.1 Å². The lowest BCUT2D eigenvalue weighted by Crippen LogP contribution is -2.04. The zero-order valence-corrected chi connectivity index (χ0v) is 18.9. The van der Waals surface area contributed by atoms with Gasteiger partial charge in [-0.2, -0.15) is 0 Å². The molecule has 1 aromatic rings. The van der Waals surface area contributed by atoms with Gasteiger partial charge in [0.2, 0.25) is 0 Å². The molecule has 0 saturated heterocycles. The van der Waals surface area contributed by atoms with E-state index in [0.29, 0.717) is 13.0 Å². The maximum Gasteiger partial charge on any atom is 0.306 e. The van der Waals surface area contributed by atoms with Crippen molar-refractivity contribution >= 4 is 12.0 Å². The zero-order chi connectivity index (χ0) is 21.7. The Morgan fingerprint density at radius 3 is 2.47 bits per heavy atom. The van der Waals surface area contributed by atoms with Crippen LogP contribution in [0.15, 0.2) is 48.6 Å². The molecule has 0 aliphatic rings. The van der Waals surface area contributed by atoms with E-state index in [-0.39, 0.29) is 12.1 Å². The number of benzene rings is 1. The number of ether oxygens (including phenoxy) is 1. The summed E-state index contributed by atoms with van der Waals surface area (Å²) in [5.41, 5.74) is 1.11. The van der Waals surface area contributed by atoms with E-state index in [9.17, 15) is 9.90 Å². The van der Waals surface area contributed by atoms with Gasteiger partial charge in [0.05, 0.1) is 6.10 Å². The highest BCUT2D eigenvalue weighted by atomic mass is 16.5. The van der Waals surface area contributed by atoms with Crippen molar-refractivity contribution in [3.63, 3.8) is 0 Å². The normalized spacial score (nSPS) is 12.6. The lowest BCUT2D eigenvalue weighted by molar-refractivity contribution is -0.142. The lowest BCUT2D eigenvalue weighted by Gasteiger charge is -2.07. The van der Waals surface area contributed by atoms with Gasteiger partial charge in [0, 0.05) is 6.42 Å². The first-order valence-corrected chi connectivity index (χ1v) is 11.9. The maximum absolute atomic E-state index is 11.7. The third-order valence-electron chi connectivity index (χ3n) is 5.17. The van der Waals surface area contributed by atoms with Crippen LogP contribution in [0, 0.1) is 0 Å². The molecule has 3 nitrogen and oxygen atoms in total. The number of esters is 1. The molecule has 0 radical (unpaired) electrons. The van der Waals surface area contributed by atoms with Crippen LogP contribution >= 0.6 is 0 Å². The van der Waals surface area contributed by atoms with Crippen LogP contribution in [0.4, 0.5) is 0 Å². The number of allylic oxidation sites excluding steroid dienone is 1. The number of rotatable bonds is 18. The second kappa shape index (κ2) is 19.1. The van der Waals surface area contributed by atoms with Crippen molar-refractivity contribution in [1.82, 2.24) is 0 Å². The van der Waals surface area contributed by atoms with Gasteiger partial charge in [-0.25, -0.2) is 0 Å². The molecular formula is C27H42O3. The topological polar surface area (TPSA) is 46.5 Å². The minimum absolute atomic E-state index is 0.108. The van der Waals surface area contributed by atoms with Gasteiger partial charge in [0.25, 0.3) is 0 Å². The maximum atomic E-state index is 11.7. The highest BCUT2D eigenvalue weighted by molar-refractivity contribution is 5.69. The van der Waals surface area contributed by atoms with Crippen molar-refractivity contribution in [2.45, 2.75) is 96.5 Å². The van der Waals surface area contributed by atoms with Gasteiger partial charge >= 0.3 is 5.97 Å². The summed E-state index contributed by atoms with van der Waals surface area (Å²) >= 11 is 0. The number of hydrogen-bond donors (Lipinski definition) is 1. The molecule has 0 saturated carbocycles. The molecule has 168 valence electrons. The third kappa shape index (κ3) is 16.0. The first-order chi connectivity index (χ1) is 14.7. The van der Waals surface area contributed by atoms with Gasteiger partial charge in [-0.05, 0) is 43.7 Å². The Bertz CT molecular complexity index is 577. The Kier molecular flexibility index (Phi) is 16.7. The predicted octanol–water partition coefficient (Wildman–Crippen LogP) is 7.25. The summed E-state index contributed by atoms with van der Waals surface area (Å²) < 4.78 is 5.24. The number of carbonyl (C=O) groups is 1. The minimum atomic E-state index is -0.174. The number of carbonyl (C=O) groups excluding carboxylic acids is 1. The summed E-state index contributed by atoms with van der Waals surface area (Å²) in [6.45, 7) is 2.55. The molecule has 0 aromatic heterocycles. The van der Waals surface area contributed by atoms with E-state index in [1.807, 2.05) is 42.5 Å². The van der Waals surface area contributed by atoms with Crippen LogP contribution in [0.25, 0.3) is 6.08 Å². The SMILES string of the molecule is CCCCCC[C@@H](O)C/C=C\CCCCCCCC(=O)OCC=Cc1ccccc1. The highest BCUT2D eigenvalue weighted by Crippen LogP contribution is 2.11. The Hall–Kier alpha value is -1.87. The third-order valence-corrected chi connectivity index (χ3v) is 5.17. The van der Waals surface area contributed by atoms with Gasteiger partial charge < -0.3 is 9.84 Å². The minimum Gasteiger partial charge on any atom is -0.461 e. The molecule has 1 aromatic carbocycles. The number of unbranched alkanes of at least 4 members (excludes halogenated alkanes) is 8. The molecule has 0 fully saturated rings. The van der Waals surface area contributed by atoms with Crippen molar-refractivity contribution in [1.29, 1.82) is 0 Å². The standard InChI is InChI=1S/C27H42O3/c1-2-3-4-14-21-26(28)22-15-9-7-5-6-8-10-16-23-27(29)30-24-17-20-25-18-12-11-13-19-25/h9,11-13,15,17-20,26,28H,2-8,10,14,16,21-24H2,1H3/b15-9-,20-17?/t26-/m1/s1. The fourth-order valence-electron chi connectivity index (χ4n) is 3.32. The fraction of sp³-hybridized carbons (Fsp3) is 0.593. The summed E-state index contributed by atoms with van der Waals surface area (Å²) in [5, 5.41) is 9.92. The van der Waals surface area contributed by atoms with Crippen molar-refractivity contribution in [2.75, 3.05) is 6.61 Å². The Balaban J connectivity index is 1.88. The Morgan fingerprint density at radius 2 is 1.67 bits per heavy atom. The van der Waals surface area contributed by atoms with Crippen LogP contribution in [0.2, 0.25) is 0 Å². The van der Waals surface area contributed by atoms with E-state index in [4.69, 9.17) is 4.74 Å². The predicted molar refractivity (Wildman–Crippen MR) is 127 cm³/mol. The Morgan fingerprint density at radius 1 is 0.933 bits per heavy atom. The molecule has 1 N–H and O–H groups in total. The molecular weight excluding hydrogens is 372 g/mol. The number of aliphatic hydroxyl groups is 1. The van der Waals surface area contributed by atoms with Crippen LogP contribution in [0.3, 0.4) is 0 Å². The highest BCUT2D eigenvalue weighted by Gasteiger charge is 2.02. The molecule has 1 rings (SSSR count). The zero-order valence-electron chi connectivity index (χ0n) is 18.9. The molecule has 0 spiro atoms. The van der Waals surface area contributed by atoms with Crippen LogP contribution < -0.4 is 0 Å². The monoisotopic (exact) mass is 414 g/mol. The van der Waals surface area contributed by atoms with E-state index in [0.717, 1.165) is 50.5 Å². The van der Waals surface area contributed by atoms with Crippen molar-refractivity contribution in [3.8, 4) is 0 Å². The molecule has 0 bridgehead atoms. The summed E-state index contributed by atoms with van der Waals surface area (Å²) in [5.74, 6) is -0.108. The van der Waals surface area contributed by atoms with Gasteiger partial charge in [-0.15, -0.1) is 0 Å². The second-order valence-electron chi connectivity index (χ2n) is 8.01. The molecule has 0 amide bonds. The summed E-state index contributed by atoms with van der Waals surface area (Å²) in [6.07, 6.45) is 21.7. The van der Waals surface area contributed by atoms with E-state index in [2.05, 4.69) is 19.1 Å². The molecule has 0 unspecified atom stereocenters. The largest absolute Gasteiger partial charge is 0.461 e. The summed E-state index contributed by atoms with van der Waals surface area (Å²) in [4.78, 5) is 11.7. The fourth-order valence-corrected chi connectivity index (χ4v) is 3.32. The molecule has 1 atom stereocenters. The smallest absolute Gasteiger partial charge is 0.306 e. The van der Waals surface area contributed by atoms with Crippen molar-refractivity contribution in [2.24, 2.45) is 0 Å². The second-order valence-corrected chi connectivity index (χ2v) is 8.01. The van der Waals surface area contributed by atoms with E-state index < -0.39 is 0 Å². The molecule has 0 aliphatic heterocycles. The van der Waals surface area contributed by atoms with Crippen LogP contribution in [-0.2, 0) is 9.53 Å². The first kappa shape index (κ1) is 26.2. The van der Waals surface area contributed by atoms with Gasteiger partial charge in [0.15, 0.2) is 0 Å². The quantitative estimate of drug-likeness (QED) is 0.156.